The van der Waals surface area contributed by atoms with Crippen LogP contribution in [0.15, 0.2) is 35.1 Å². The minimum Gasteiger partial charge on any atom is -0.446 e. The number of carbonyl (C=O) groups excluding carboxylic acids is 1. The van der Waals surface area contributed by atoms with Crippen LogP contribution in [0.4, 0.5) is 0 Å². The number of oxazole rings is 1. The first-order valence-corrected chi connectivity index (χ1v) is 5.40. The molecule has 0 saturated heterocycles. The Morgan fingerprint density at radius 2 is 2.00 bits per heavy atom. The Hall–Kier alpha value is -2.10. The van der Waals surface area contributed by atoms with E-state index in [0.29, 0.717) is 17.9 Å². The van der Waals surface area contributed by atoms with Gasteiger partial charge in [0.15, 0.2) is 6.39 Å². The first-order chi connectivity index (χ1) is 8.16. The molecule has 0 atom stereocenters. The van der Waals surface area contributed by atoms with Gasteiger partial charge < -0.3 is 9.73 Å². The summed E-state index contributed by atoms with van der Waals surface area (Å²) in [7, 11) is 0. The smallest absolute Gasteiger partial charge is 0.251 e. The third kappa shape index (κ3) is 2.72. The van der Waals surface area contributed by atoms with Crippen LogP contribution >= 0.6 is 0 Å². The van der Waals surface area contributed by atoms with Gasteiger partial charge in [-0.3, -0.25) is 4.79 Å². The van der Waals surface area contributed by atoms with Crippen molar-refractivity contribution in [1.82, 2.24) is 10.3 Å². The summed E-state index contributed by atoms with van der Waals surface area (Å²) in [6.45, 7) is 4.19. The first-order valence-electron chi connectivity index (χ1n) is 5.40. The van der Waals surface area contributed by atoms with Crippen LogP contribution in [0.3, 0.4) is 0 Å². The molecule has 2 rings (SSSR count). The van der Waals surface area contributed by atoms with E-state index in [1.54, 1.807) is 12.1 Å². The molecule has 88 valence electrons. The fourth-order valence-electron chi connectivity index (χ4n) is 1.46. The quantitative estimate of drug-likeness (QED) is 0.879. The van der Waals surface area contributed by atoms with E-state index < -0.39 is 0 Å². The standard InChI is InChI=1S/C13H14N2O2/c1-9-3-5-11(6-4-9)13(16)14-7-12-10(2)15-8-17-12/h3-6,8H,7H2,1-2H3,(H,14,16). The normalized spacial score (nSPS) is 10.2. The molecule has 0 aliphatic carbocycles. The van der Waals surface area contributed by atoms with Crippen LogP contribution in [0.1, 0.15) is 27.4 Å². The number of aromatic nitrogens is 1. The molecular weight excluding hydrogens is 216 g/mol. The third-order valence-corrected chi connectivity index (χ3v) is 2.57. The zero-order chi connectivity index (χ0) is 12.3. The minimum absolute atomic E-state index is 0.110. The van der Waals surface area contributed by atoms with Gasteiger partial charge in [-0.15, -0.1) is 0 Å². The van der Waals surface area contributed by atoms with Gasteiger partial charge in [0.2, 0.25) is 0 Å². The van der Waals surface area contributed by atoms with Crippen molar-refractivity contribution < 1.29 is 9.21 Å². The van der Waals surface area contributed by atoms with Crippen LogP contribution in [-0.2, 0) is 6.54 Å². The largest absolute Gasteiger partial charge is 0.446 e. The van der Waals surface area contributed by atoms with Crippen LogP contribution < -0.4 is 5.32 Å². The van der Waals surface area contributed by atoms with E-state index in [4.69, 9.17) is 4.42 Å². The predicted octanol–water partition coefficient (Wildman–Crippen LogP) is 2.22. The second-order valence-corrected chi connectivity index (χ2v) is 3.91. The number of nitrogens with zero attached hydrogens (tertiary/aromatic N) is 1. The van der Waals surface area contributed by atoms with Gasteiger partial charge in [0, 0.05) is 5.56 Å². The molecule has 0 radical (unpaired) electrons. The van der Waals surface area contributed by atoms with Gasteiger partial charge in [-0.05, 0) is 26.0 Å². The zero-order valence-corrected chi connectivity index (χ0v) is 9.86. The Morgan fingerprint density at radius 3 is 2.59 bits per heavy atom. The van der Waals surface area contributed by atoms with Gasteiger partial charge in [0.1, 0.15) is 5.76 Å². The van der Waals surface area contributed by atoms with Crippen molar-refractivity contribution in [2.45, 2.75) is 20.4 Å². The number of amides is 1. The lowest BCUT2D eigenvalue weighted by Crippen LogP contribution is -2.22. The number of hydrogen-bond donors (Lipinski definition) is 1. The fourth-order valence-corrected chi connectivity index (χ4v) is 1.46. The molecule has 0 unspecified atom stereocenters. The Kier molecular flexibility index (Phi) is 3.23. The summed E-state index contributed by atoms with van der Waals surface area (Å²) in [5.74, 6) is 0.575. The molecule has 1 amide bonds. The summed E-state index contributed by atoms with van der Waals surface area (Å²) in [6.07, 6.45) is 1.38. The number of aryl methyl sites for hydroxylation is 2. The Balaban J connectivity index is 1.98. The van der Waals surface area contributed by atoms with E-state index in [1.165, 1.54) is 6.39 Å². The van der Waals surface area contributed by atoms with Crippen LogP contribution in [0, 0.1) is 13.8 Å². The van der Waals surface area contributed by atoms with Crippen molar-refractivity contribution in [3.63, 3.8) is 0 Å². The zero-order valence-electron chi connectivity index (χ0n) is 9.86. The fraction of sp³-hybridized carbons (Fsp3) is 0.231. The molecule has 2 aromatic rings. The molecule has 1 aromatic heterocycles. The second kappa shape index (κ2) is 4.82. The predicted molar refractivity (Wildman–Crippen MR) is 63.6 cm³/mol. The number of rotatable bonds is 3. The summed E-state index contributed by atoms with van der Waals surface area (Å²) in [5.41, 5.74) is 2.58. The summed E-state index contributed by atoms with van der Waals surface area (Å²) in [6, 6.07) is 7.43. The van der Waals surface area contributed by atoms with Gasteiger partial charge in [-0.2, -0.15) is 0 Å². The second-order valence-electron chi connectivity index (χ2n) is 3.91. The van der Waals surface area contributed by atoms with Gasteiger partial charge in [-0.25, -0.2) is 4.98 Å². The summed E-state index contributed by atoms with van der Waals surface area (Å²) in [5, 5.41) is 2.79. The van der Waals surface area contributed by atoms with Crippen molar-refractivity contribution in [1.29, 1.82) is 0 Å². The molecule has 4 heteroatoms. The highest BCUT2D eigenvalue weighted by Crippen LogP contribution is 2.06. The number of benzene rings is 1. The van der Waals surface area contributed by atoms with Gasteiger partial charge in [-0.1, -0.05) is 17.7 Å². The lowest BCUT2D eigenvalue weighted by Gasteiger charge is -2.03. The average molecular weight is 230 g/mol. The van der Waals surface area contributed by atoms with E-state index >= 15 is 0 Å². The number of carbonyl (C=O) groups is 1. The monoisotopic (exact) mass is 230 g/mol. The van der Waals surface area contributed by atoms with Crippen LogP contribution in [-0.4, -0.2) is 10.9 Å². The molecule has 1 N–H and O–H groups in total. The van der Waals surface area contributed by atoms with Crippen molar-refractivity contribution in [3.8, 4) is 0 Å². The number of nitrogens with one attached hydrogen (secondary N) is 1. The van der Waals surface area contributed by atoms with Crippen LogP contribution in [0.5, 0.6) is 0 Å². The lowest BCUT2D eigenvalue weighted by molar-refractivity contribution is 0.0948. The SMILES string of the molecule is Cc1ccc(C(=O)NCc2ocnc2C)cc1. The first kappa shape index (κ1) is 11.4. The molecule has 1 aromatic carbocycles. The van der Waals surface area contributed by atoms with E-state index in [-0.39, 0.29) is 5.91 Å². The van der Waals surface area contributed by atoms with Gasteiger partial charge >= 0.3 is 0 Å². The van der Waals surface area contributed by atoms with Crippen molar-refractivity contribution in [3.05, 3.63) is 53.2 Å². The number of hydrogen-bond acceptors (Lipinski definition) is 3. The lowest BCUT2D eigenvalue weighted by atomic mass is 10.1. The van der Waals surface area contributed by atoms with Crippen molar-refractivity contribution >= 4 is 5.91 Å². The summed E-state index contributed by atoms with van der Waals surface area (Å²) in [4.78, 5) is 15.8. The van der Waals surface area contributed by atoms with E-state index in [0.717, 1.165) is 11.3 Å². The highest BCUT2D eigenvalue weighted by molar-refractivity contribution is 5.94. The molecule has 0 spiro atoms. The van der Waals surface area contributed by atoms with E-state index in [9.17, 15) is 4.79 Å². The molecule has 17 heavy (non-hydrogen) atoms. The van der Waals surface area contributed by atoms with Gasteiger partial charge in [0.05, 0.1) is 12.2 Å². The van der Waals surface area contributed by atoms with Crippen molar-refractivity contribution in [2.75, 3.05) is 0 Å². The van der Waals surface area contributed by atoms with E-state index in [1.807, 2.05) is 26.0 Å². The molecule has 1 heterocycles. The molecule has 4 nitrogen and oxygen atoms in total. The maximum Gasteiger partial charge on any atom is 0.251 e. The highest BCUT2D eigenvalue weighted by Gasteiger charge is 2.07. The molecular formula is C13H14N2O2. The Bertz CT molecular complexity index is 514. The molecule has 0 aliphatic rings. The van der Waals surface area contributed by atoms with Crippen LogP contribution in [0.25, 0.3) is 0 Å². The third-order valence-electron chi connectivity index (χ3n) is 2.57. The maximum absolute atomic E-state index is 11.8. The molecule has 0 fully saturated rings. The topological polar surface area (TPSA) is 55.1 Å². The average Bonchev–Trinajstić information content (AvgIpc) is 2.73. The Morgan fingerprint density at radius 1 is 1.29 bits per heavy atom. The van der Waals surface area contributed by atoms with Crippen LogP contribution in [0.2, 0.25) is 0 Å². The highest BCUT2D eigenvalue weighted by atomic mass is 16.3. The molecule has 0 saturated carbocycles. The summed E-state index contributed by atoms with van der Waals surface area (Å²) < 4.78 is 5.14. The molecule has 0 aliphatic heterocycles. The molecule has 0 bridgehead atoms. The van der Waals surface area contributed by atoms with Crippen molar-refractivity contribution in [2.24, 2.45) is 0 Å². The maximum atomic E-state index is 11.8. The van der Waals surface area contributed by atoms with Gasteiger partial charge in [0.25, 0.3) is 5.91 Å². The van der Waals surface area contributed by atoms with E-state index in [2.05, 4.69) is 10.3 Å². The minimum atomic E-state index is -0.110. The summed E-state index contributed by atoms with van der Waals surface area (Å²) >= 11 is 0. The Labute approximate surface area is 99.7 Å².